The predicted octanol–water partition coefficient (Wildman–Crippen LogP) is 4.80. The number of para-hydroxylation sites is 1. The summed E-state index contributed by atoms with van der Waals surface area (Å²) >= 11 is 11.8. The quantitative estimate of drug-likeness (QED) is 0.223. The predicted molar refractivity (Wildman–Crippen MR) is 149 cm³/mol. The van der Waals surface area contributed by atoms with Gasteiger partial charge in [0.2, 0.25) is 4.77 Å². The van der Waals surface area contributed by atoms with Crippen LogP contribution in [0, 0.1) is 4.77 Å². The average Bonchev–Trinajstić information content (AvgIpc) is 3.53. The van der Waals surface area contributed by atoms with E-state index in [-0.39, 0.29) is 0 Å². The summed E-state index contributed by atoms with van der Waals surface area (Å²) in [4.78, 5) is 2.26. The van der Waals surface area contributed by atoms with E-state index in [0.29, 0.717) is 54.4 Å². The van der Waals surface area contributed by atoms with E-state index in [1.165, 1.54) is 0 Å². The number of benzene rings is 2. The first-order valence-corrected chi connectivity index (χ1v) is 13.1. The number of ether oxygens (including phenoxy) is 2. The molecule has 3 heterocycles. The molecular weight excluding hydrogens is 524 g/mol. The van der Waals surface area contributed by atoms with Crippen LogP contribution in [0.3, 0.4) is 0 Å². The van der Waals surface area contributed by atoms with Crippen LogP contribution < -0.4 is 10.1 Å². The van der Waals surface area contributed by atoms with Crippen LogP contribution in [0.5, 0.6) is 5.75 Å². The summed E-state index contributed by atoms with van der Waals surface area (Å²) in [7, 11) is 1.67. The summed E-state index contributed by atoms with van der Waals surface area (Å²) in [5.41, 5.74) is 1.99. The number of aromatic nitrogens is 3. The van der Waals surface area contributed by atoms with Gasteiger partial charge in [0.25, 0.3) is 0 Å². The third-order valence-electron chi connectivity index (χ3n) is 6.17. The molecule has 0 bridgehead atoms. The molecule has 198 valence electrons. The van der Waals surface area contributed by atoms with Gasteiger partial charge in [0.1, 0.15) is 17.3 Å². The molecule has 0 aliphatic carbocycles. The van der Waals surface area contributed by atoms with E-state index in [1.54, 1.807) is 22.7 Å². The number of hydrogen-bond acceptors (Lipinski definition) is 8. The van der Waals surface area contributed by atoms with E-state index in [1.807, 2.05) is 60.7 Å². The van der Waals surface area contributed by atoms with Gasteiger partial charge < -0.3 is 19.2 Å². The van der Waals surface area contributed by atoms with Crippen molar-refractivity contribution in [2.75, 3.05) is 33.4 Å². The van der Waals surface area contributed by atoms with Gasteiger partial charge in [0.05, 0.1) is 39.8 Å². The Morgan fingerprint density at radius 2 is 1.87 bits per heavy atom. The van der Waals surface area contributed by atoms with Crippen LogP contribution in [-0.4, -0.2) is 59.0 Å². The Kier molecular flexibility index (Phi) is 8.67. The van der Waals surface area contributed by atoms with Gasteiger partial charge in [-0.15, -0.1) is 0 Å². The molecule has 2 aromatic carbocycles. The van der Waals surface area contributed by atoms with Crippen LogP contribution in [0.25, 0.3) is 11.3 Å². The minimum absolute atomic E-state index is 0.462. The maximum absolute atomic E-state index is 6.01. The molecule has 2 aromatic heterocycles. The van der Waals surface area contributed by atoms with Crippen molar-refractivity contribution in [1.29, 1.82) is 0 Å². The third-order valence-corrected chi connectivity index (χ3v) is 6.80. The standard InChI is InChI=1S/C27H29ClN6O3S/c1-35-24-5-3-2-4-21(24)16-29-18-26-31-33(19-32-12-14-36-15-13-32)27(38)34(26)30-17-23-10-11-25(37-23)20-6-8-22(28)9-7-20/h2-11,17,29H,12-16,18-19H2,1H3/b30-17+. The van der Waals surface area contributed by atoms with Crippen LogP contribution in [0.1, 0.15) is 17.1 Å². The van der Waals surface area contributed by atoms with Crippen molar-refractivity contribution >= 4 is 30.0 Å². The lowest BCUT2D eigenvalue weighted by Gasteiger charge is -2.25. The smallest absolute Gasteiger partial charge is 0.220 e. The van der Waals surface area contributed by atoms with E-state index in [2.05, 4.69) is 15.3 Å². The second-order valence-corrected chi connectivity index (χ2v) is 9.55. The van der Waals surface area contributed by atoms with Crippen LogP contribution in [0.15, 0.2) is 70.2 Å². The molecule has 0 saturated carbocycles. The molecule has 1 N–H and O–H groups in total. The molecule has 1 fully saturated rings. The van der Waals surface area contributed by atoms with Crippen LogP contribution in [-0.2, 0) is 24.5 Å². The van der Waals surface area contributed by atoms with Crippen LogP contribution in [0.4, 0.5) is 0 Å². The maximum atomic E-state index is 6.01. The van der Waals surface area contributed by atoms with Crippen molar-refractivity contribution in [3.63, 3.8) is 0 Å². The Morgan fingerprint density at radius 1 is 1.08 bits per heavy atom. The number of furan rings is 1. The van der Waals surface area contributed by atoms with Gasteiger partial charge >= 0.3 is 0 Å². The van der Waals surface area contributed by atoms with Gasteiger partial charge in [-0.2, -0.15) is 14.9 Å². The number of nitrogens with zero attached hydrogens (tertiary/aromatic N) is 5. The van der Waals surface area contributed by atoms with E-state index in [9.17, 15) is 0 Å². The zero-order valence-corrected chi connectivity index (χ0v) is 22.6. The highest BCUT2D eigenvalue weighted by molar-refractivity contribution is 7.71. The van der Waals surface area contributed by atoms with Crippen LogP contribution >= 0.6 is 23.8 Å². The summed E-state index contributed by atoms with van der Waals surface area (Å²) in [5, 5.41) is 13.6. The number of rotatable bonds is 10. The highest BCUT2D eigenvalue weighted by Gasteiger charge is 2.16. The monoisotopic (exact) mass is 552 g/mol. The summed E-state index contributed by atoms with van der Waals surface area (Å²) in [5.74, 6) is 2.86. The Hall–Kier alpha value is -3.28. The molecule has 38 heavy (non-hydrogen) atoms. The molecule has 0 atom stereocenters. The van der Waals surface area contributed by atoms with E-state index < -0.39 is 0 Å². The highest BCUT2D eigenvalue weighted by Crippen LogP contribution is 2.23. The molecule has 1 aliphatic rings. The number of morpholine rings is 1. The topological polar surface area (TPSA) is 82.0 Å². The van der Waals surface area contributed by atoms with Crippen LogP contribution in [0.2, 0.25) is 5.02 Å². The first-order chi connectivity index (χ1) is 18.6. The van der Waals surface area contributed by atoms with Crippen molar-refractivity contribution in [3.8, 4) is 17.1 Å². The van der Waals surface area contributed by atoms with Crippen molar-refractivity contribution in [1.82, 2.24) is 24.7 Å². The zero-order chi connectivity index (χ0) is 26.3. The van der Waals surface area contributed by atoms with Crippen molar-refractivity contribution in [3.05, 3.63) is 87.6 Å². The Labute approximate surface area is 231 Å². The minimum atomic E-state index is 0.462. The highest BCUT2D eigenvalue weighted by atomic mass is 35.5. The lowest BCUT2D eigenvalue weighted by atomic mass is 10.2. The Balaban J connectivity index is 1.36. The number of hydrogen-bond donors (Lipinski definition) is 1. The summed E-state index contributed by atoms with van der Waals surface area (Å²) in [6.07, 6.45) is 1.65. The van der Waals surface area contributed by atoms with Gasteiger partial charge in [-0.25, -0.2) is 4.68 Å². The number of halogens is 1. The van der Waals surface area contributed by atoms with E-state index >= 15 is 0 Å². The summed E-state index contributed by atoms with van der Waals surface area (Å²) in [6, 6.07) is 19.2. The van der Waals surface area contributed by atoms with Gasteiger partial charge in [-0.05, 0) is 54.7 Å². The number of nitrogens with one attached hydrogen (secondary N) is 1. The van der Waals surface area contributed by atoms with Crippen molar-refractivity contribution in [2.24, 2.45) is 5.10 Å². The van der Waals surface area contributed by atoms with Gasteiger partial charge in [0, 0.05) is 35.8 Å². The molecule has 1 aliphatic heterocycles. The fourth-order valence-corrected chi connectivity index (χ4v) is 4.54. The summed E-state index contributed by atoms with van der Waals surface area (Å²) in [6.45, 7) is 4.72. The average molecular weight is 553 g/mol. The second-order valence-electron chi connectivity index (χ2n) is 8.75. The first-order valence-electron chi connectivity index (χ1n) is 12.3. The molecule has 0 unspecified atom stereocenters. The zero-order valence-electron chi connectivity index (χ0n) is 21.0. The lowest BCUT2D eigenvalue weighted by Crippen LogP contribution is -2.37. The van der Waals surface area contributed by atoms with Gasteiger partial charge in [0.15, 0.2) is 5.82 Å². The SMILES string of the molecule is COc1ccccc1CNCc1nn(CN2CCOCC2)c(=S)n1/N=C/c1ccc(-c2ccc(Cl)cc2)o1. The largest absolute Gasteiger partial charge is 0.496 e. The Bertz CT molecular complexity index is 1440. The Morgan fingerprint density at radius 3 is 2.66 bits per heavy atom. The maximum Gasteiger partial charge on any atom is 0.220 e. The fourth-order valence-electron chi connectivity index (χ4n) is 4.16. The third kappa shape index (κ3) is 6.40. The molecule has 4 aromatic rings. The van der Waals surface area contributed by atoms with Gasteiger partial charge in [-0.1, -0.05) is 29.8 Å². The summed E-state index contributed by atoms with van der Waals surface area (Å²) < 4.78 is 20.9. The van der Waals surface area contributed by atoms with E-state index in [0.717, 1.165) is 35.7 Å². The fraction of sp³-hybridized carbons (Fsp3) is 0.296. The molecule has 5 rings (SSSR count). The minimum Gasteiger partial charge on any atom is -0.496 e. The van der Waals surface area contributed by atoms with E-state index in [4.69, 9.17) is 42.8 Å². The molecule has 1 saturated heterocycles. The molecule has 0 radical (unpaired) electrons. The van der Waals surface area contributed by atoms with Crippen molar-refractivity contribution < 1.29 is 13.9 Å². The molecule has 9 nitrogen and oxygen atoms in total. The molecule has 0 amide bonds. The van der Waals surface area contributed by atoms with Gasteiger partial charge in [-0.3, -0.25) is 4.90 Å². The molecule has 0 spiro atoms. The normalized spacial score (nSPS) is 14.4. The molecule has 11 heteroatoms. The second kappa shape index (κ2) is 12.5. The number of methoxy groups -OCH3 is 1. The van der Waals surface area contributed by atoms with Crippen molar-refractivity contribution in [2.45, 2.75) is 19.8 Å². The molecular formula is C27H29ClN6O3S. The lowest BCUT2D eigenvalue weighted by molar-refractivity contribution is 0.0209. The first kappa shape index (κ1) is 26.3.